The van der Waals surface area contributed by atoms with Gasteiger partial charge in [0.1, 0.15) is 5.82 Å². The Morgan fingerprint density at radius 3 is 2.68 bits per heavy atom. The summed E-state index contributed by atoms with van der Waals surface area (Å²) >= 11 is 1.48. The van der Waals surface area contributed by atoms with Gasteiger partial charge in [-0.1, -0.05) is 61.4 Å². The van der Waals surface area contributed by atoms with Gasteiger partial charge in [-0.15, -0.1) is 10.2 Å². The first kappa shape index (κ1) is 18.0. The predicted octanol–water partition coefficient (Wildman–Crippen LogP) is 3.43. The van der Waals surface area contributed by atoms with Gasteiger partial charge in [0.2, 0.25) is 5.91 Å². The molecule has 6 heteroatoms. The molecule has 2 aromatic rings. The second-order valence-electron chi connectivity index (χ2n) is 6.50. The topological polar surface area (TPSA) is 59.8 Å². The zero-order valence-electron chi connectivity index (χ0n) is 14.8. The van der Waals surface area contributed by atoms with Crippen LogP contribution in [0.25, 0.3) is 0 Å². The lowest BCUT2D eigenvalue weighted by Crippen LogP contribution is -2.37. The van der Waals surface area contributed by atoms with Crippen LogP contribution in [0.4, 0.5) is 0 Å². The summed E-state index contributed by atoms with van der Waals surface area (Å²) in [6, 6.07) is 10.6. The van der Waals surface area contributed by atoms with Crippen LogP contribution in [0.2, 0.25) is 0 Å². The van der Waals surface area contributed by atoms with E-state index in [0.717, 1.165) is 36.8 Å². The monoisotopic (exact) mass is 358 g/mol. The maximum Gasteiger partial charge on any atom is 0.230 e. The average molecular weight is 359 g/mol. The van der Waals surface area contributed by atoms with E-state index in [1.807, 2.05) is 18.2 Å². The Morgan fingerprint density at radius 2 is 1.96 bits per heavy atom. The molecular formula is C19H26N4OS. The molecule has 0 bridgehead atoms. The lowest BCUT2D eigenvalue weighted by atomic mass is 9.95. The van der Waals surface area contributed by atoms with Crippen molar-refractivity contribution in [2.75, 3.05) is 5.75 Å². The summed E-state index contributed by atoms with van der Waals surface area (Å²) in [5.74, 6) is 1.45. The van der Waals surface area contributed by atoms with Gasteiger partial charge in [0.05, 0.1) is 5.75 Å². The number of carbonyl (C=O) groups is 1. The van der Waals surface area contributed by atoms with Crippen LogP contribution in [-0.4, -0.2) is 32.5 Å². The van der Waals surface area contributed by atoms with E-state index in [4.69, 9.17) is 0 Å². The highest BCUT2D eigenvalue weighted by atomic mass is 32.2. The van der Waals surface area contributed by atoms with Crippen molar-refractivity contribution in [2.24, 2.45) is 0 Å². The van der Waals surface area contributed by atoms with Gasteiger partial charge in [-0.25, -0.2) is 0 Å². The molecule has 0 atom stereocenters. The summed E-state index contributed by atoms with van der Waals surface area (Å²) in [7, 11) is 0. The van der Waals surface area contributed by atoms with E-state index >= 15 is 0 Å². The molecule has 1 aromatic heterocycles. The molecule has 1 fully saturated rings. The number of benzene rings is 1. The molecule has 1 saturated carbocycles. The number of thioether (sulfide) groups is 1. The molecule has 1 aromatic carbocycles. The molecule has 0 saturated heterocycles. The van der Waals surface area contributed by atoms with Crippen molar-refractivity contribution < 1.29 is 4.79 Å². The van der Waals surface area contributed by atoms with E-state index in [2.05, 4.69) is 39.1 Å². The molecule has 5 nitrogen and oxygen atoms in total. The largest absolute Gasteiger partial charge is 0.353 e. The van der Waals surface area contributed by atoms with Crippen LogP contribution in [0, 0.1) is 0 Å². The van der Waals surface area contributed by atoms with Crippen molar-refractivity contribution in [3.05, 3.63) is 41.7 Å². The van der Waals surface area contributed by atoms with E-state index < -0.39 is 0 Å². The van der Waals surface area contributed by atoms with Crippen molar-refractivity contribution in [2.45, 2.75) is 63.2 Å². The first-order valence-corrected chi connectivity index (χ1v) is 10.1. The first-order chi connectivity index (χ1) is 12.3. The number of nitrogens with zero attached hydrogens (tertiary/aromatic N) is 3. The molecule has 25 heavy (non-hydrogen) atoms. The van der Waals surface area contributed by atoms with Crippen molar-refractivity contribution in [3.63, 3.8) is 0 Å². The van der Waals surface area contributed by atoms with Crippen molar-refractivity contribution in [3.8, 4) is 0 Å². The van der Waals surface area contributed by atoms with Gasteiger partial charge < -0.3 is 9.88 Å². The Labute approximate surface area is 153 Å². The molecule has 1 heterocycles. The number of aromatic nitrogens is 3. The zero-order chi connectivity index (χ0) is 17.5. The Kier molecular flexibility index (Phi) is 6.50. The van der Waals surface area contributed by atoms with E-state index in [1.165, 1.54) is 36.6 Å². The fourth-order valence-corrected chi connectivity index (χ4v) is 4.13. The fourth-order valence-electron chi connectivity index (χ4n) is 3.30. The number of carbonyl (C=O) groups excluding carboxylic acids is 1. The molecule has 0 aliphatic heterocycles. The molecular weight excluding hydrogens is 332 g/mol. The van der Waals surface area contributed by atoms with Crippen LogP contribution in [0.15, 0.2) is 35.5 Å². The van der Waals surface area contributed by atoms with Crippen molar-refractivity contribution >= 4 is 17.7 Å². The molecule has 1 N–H and O–H groups in total. The summed E-state index contributed by atoms with van der Waals surface area (Å²) in [6.45, 7) is 2.89. The Balaban J connectivity index is 1.56. The fraction of sp³-hybridized carbons (Fsp3) is 0.526. The molecule has 1 amide bonds. The van der Waals surface area contributed by atoms with Gasteiger partial charge in [-0.3, -0.25) is 4.79 Å². The summed E-state index contributed by atoms with van der Waals surface area (Å²) in [5, 5.41) is 12.6. The van der Waals surface area contributed by atoms with E-state index in [-0.39, 0.29) is 5.91 Å². The van der Waals surface area contributed by atoms with Crippen molar-refractivity contribution in [1.29, 1.82) is 0 Å². The lowest BCUT2D eigenvalue weighted by Gasteiger charge is -2.22. The van der Waals surface area contributed by atoms with Gasteiger partial charge in [0.25, 0.3) is 0 Å². The maximum absolute atomic E-state index is 12.2. The number of hydrogen-bond donors (Lipinski definition) is 1. The SMILES string of the molecule is CCn1c(Cc2ccccc2)nnc1SCC(=O)NC1CCCCC1. The third-order valence-corrected chi connectivity index (χ3v) is 5.58. The van der Waals surface area contributed by atoms with Gasteiger partial charge in [-0.05, 0) is 25.3 Å². The average Bonchev–Trinajstić information content (AvgIpc) is 3.03. The van der Waals surface area contributed by atoms with Gasteiger partial charge >= 0.3 is 0 Å². The van der Waals surface area contributed by atoms with Crippen LogP contribution in [0.3, 0.4) is 0 Å². The van der Waals surface area contributed by atoms with Crippen LogP contribution in [-0.2, 0) is 17.8 Å². The highest BCUT2D eigenvalue weighted by Gasteiger charge is 2.17. The molecule has 0 radical (unpaired) electrons. The molecule has 1 aliphatic rings. The highest BCUT2D eigenvalue weighted by Crippen LogP contribution is 2.20. The molecule has 0 spiro atoms. The number of hydrogen-bond acceptors (Lipinski definition) is 4. The minimum absolute atomic E-state index is 0.104. The second-order valence-corrected chi connectivity index (χ2v) is 7.44. The smallest absolute Gasteiger partial charge is 0.230 e. The molecule has 0 unspecified atom stereocenters. The van der Waals surface area contributed by atoms with Crippen LogP contribution >= 0.6 is 11.8 Å². The van der Waals surface area contributed by atoms with E-state index in [9.17, 15) is 4.79 Å². The third-order valence-electron chi connectivity index (χ3n) is 4.62. The quantitative estimate of drug-likeness (QED) is 0.771. The standard InChI is InChI=1S/C19H26N4OS/c1-2-23-17(13-15-9-5-3-6-10-15)21-22-19(23)25-14-18(24)20-16-11-7-4-8-12-16/h3,5-6,9-10,16H,2,4,7-8,11-14H2,1H3,(H,20,24). The zero-order valence-corrected chi connectivity index (χ0v) is 15.6. The van der Waals surface area contributed by atoms with Crippen LogP contribution in [0.1, 0.15) is 50.4 Å². The Morgan fingerprint density at radius 1 is 1.20 bits per heavy atom. The highest BCUT2D eigenvalue weighted by molar-refractivity contribution is 7.99. The Bertz CT molecular complexity index is 680. The maximum atomic E-state index is 12.2. The normalized spacial score (nSPS) is 15.2. The molecule has 1 aliphatic carbocycles. The van der Waals surface area contributed by atoms with Crippen molar-refractivity contribution in [1.82, 2.24) is 20.1 Å². The summed E-state index contributed by atoms with van der Waals surface area (Å²) in [6.07, 6.45) is 6.74. The van der Waals surface area contributed by atoms with Crippen LogP contribution in [0.5, 0.6) is 0 Å². The number of nitrogens with one attached hydrogen (secondary N) is 1. The minimum Gasteiger partial charge on any atom is -0.353 e. The second kappa shape index (κ2) is 9.04. The first-order valence-electron chi connectivity index (χ1n) is 9.14. The Hall–Kier alpha value is -1.82. The summed E-state index contributed by atoms with van der Waals surface area (Å²) < 4.78 is 2.10. The summed E-state index contributed by atoms with van der Waals surface area (Å²) in [5.41, 5.74) is 1.22. The van der Waals surface area contributed by atoms with Crippen LogP contribution < -0.4 is 5.32 Å². The minimum atomic E-state index is 0.104. The van der Waals surface area contributed by atoms with E-state index in [0.29, 0.717) is 11.8 Å². The van der Waals surface area contributed by atoms with Gasteiger partial charge in [0, 0.05) is 19.0 Å². The lowest BCUT2D eigenvalue weighted by molar-refractivity contribution is -0.119. The number of amides is 1. The number of rotatable bonds is 7. The third kappa shape index (κ3) is 5.08. The van der Waals surface area contributed by atoms with Gasteiger partial charge in [-0.2, -0.15) is 0 Å². The molecule has 3 rings (SSSR count). The molecule has 134 valence electrons. The van der Waals surface area contributed by atoms with E-state index in [1.54, 1.807) is 0 Å². The summed E-state index contributed by atoms with van der Waals surface area (Å²) in [4.78, 5) is 12.2. The predicted molar refractivity (Wildman–Crippen MR) is 101 cm³/mol. The van der Waals surface area contributed by atoms with Gasteiger partial charge in [0.15, 0.2) is 5.16 Å².